The number of ether oxygens (including phenoxy) is 1. The van der Waals surface area contributed by atoms with E-state index >= 15 is 0 Å². The molecule has 1 aromatic rings. The Kier molecular flexibility index (Phi) is 5.02. The van der Waals surface area contributed by atoms with Gasteiger partial charge in [-0.3, -0.25) is 0 Å². The van der Waals surface area contributed by atoms with Crippen LogP contribution in [0.2, 0.25) is 0 Å². The molecule has 5 heteroatoms. The average Bonchev–Trinajstić information content (AvgIpc) is 2.64. The summed E-state index contributed by atoms with van der Waals surface area (Å²) < 4.78 is 5.93. The predicted octanol–water partition coefficient (Wildman–Crippen LogP) is 1.61. The Morgan fingerprint density at radius 1 is 1.39 bits per heavy atom. The van der Waals surface area contributed by atoms with Crippen molar-refractivity contribution in [2.45, 2.75) is 31.6 Å². The summed E-state index contributed by atoms with van der Waals surface area (Å²) in [5.41, 5.74) is 9.76. The molecule has 5 nitrogen and oxygen atoms in total. The molecule has 0 bridgehead atoms. The first kappa shape index (κ1) is 12.9. The van der Waals surface area contributed by atoms with Gasteiger partial charge < -0.3 is 10.1 Å². The lowest BCUT2D eigenvalue weighted by Gasteiger charge is -2.19. The van der Waals surface area contributed by atoms with Gasteiger partial charge in [0.15, 0.2) is 0 Å². The Hall–Kier alpha value is -1.55. The molecule has 2 atom stereocenters. The third-order valence-electron chi connectivity index (χ3n) is 3.24. The summed E-state index contributed by atoms with van der Waals surface area (Å²) >= 11 is 0. The van der Waals surface area contributed by atoms with Crippen molar-refractivity contribution in [2.75, 3.05) is 13.1 Å². The number of rotatable bonds is 4. The van der Waals surface area contributed by atoms with Gasteiger partial charge in [0.05, 0.1) is 25.8 Å². The van der Waals surface area contributed by atoms with Crippen LogP contribution < -0.4 is 5.32 Å². The molecule has 1 aromatic carbocycles. The zero-order valence-electron chi connectivity index (χ0n) is 10.4. The summed E-state index contributed by atoms with van der Waals surface area (Å²) in [5.74, 6) is 0. The number of azide groups is 1. The molecule has 1 fully saturated rings. The van der Waals surface area contributed by atoms with Crippen LogP contribution in [0.15, 0.2) is 35.4 Å². The van der Waals surface area contributed by atoms with E-state index in [4.69, 9.17) is 10.3 Å². The normalized spacial score (nSPS) is 24.0. The fourth-order valence-electron chi connectivity index (χ4n) is 2.26. The number of hydrogen-bond donors (Lipinski definition) is 1. The van der Waals surface area contributed by atoms with Gasteiger partial charge in [-0.15, -0.1) is 0 Å². The van der Waals surface area contributed by atoms with Crippen molar-refractivity contribution in [2.24, 2.45) is 5.11 Å². The van der Waals surface area contributed by atoms with Crippen molar-refractivity contribution < 1.29 is 10.1 Å². The molecule has 1 aliphatic rings. The van der Waals surface area contributed by atoms with Gasteiger partial charge in [0.2, 0.25) is 0 Å². The van der Waals surface area contributed by atoms with Crippen LogP contribution in [0, 0.1) is 0 Å². The highest BCUT2D eigenvalue weighted by atomic mass is 16.5. The smallest absolute Gasteiger partial charge is 0.112 e. The highest BCUT2D eigenvalue weighted by molar-refractivity contribution is 5.13. The topological polar surface area (TPSA) is 74.6 Å². The Morgan fingerprint density at radius 2 is 2.22 bits per heavy atom. The predicted molar refractivity (Wildman–Crippen MR) is 68.8 cm³/mol. The first-order chi connectivity index (χ1) is 8.90. The molecular weight excluding hydrogens is 228 g/mol. The maximum absolute atomic E-state index is 8.60. The van der Waals surface area contributed by atoms with E-state index < -0.39 is 0 Å². The molecule has 0 saturated carbocycles. The van der Waals surface area contributed by atoms with Gasteiger partial charge in [-0.05, 0) is 23.9 Å². The lowest BCUT2D eigenvalue weighted by Crippen LogP contribution is -2.85. The lowest BCUT2D eigenvalue weighted by atomic mass is 10.1. The SMILES string of the molecule is [N-]=[N+]=N[C@@H]1C[NH2+]CCC[C@H]1OCc1ccccc1. The molecule has 0 amide bonds. The molecular formula is C13H19N4O+. The van der Waals surface area contributed by atoms with E-state index in [-0.39, 0.29) is 12.1 Å². The molecule has 0 aromatic heterocycles. The van der Waals surface area contributed by atoms with Crippen LogP contribution in [0.25, 0.3) is 10.4 Å². The maximum atomic E-state index is 8.60. The summed E-state index contributed by atoms with van der Waals surface area (Å²) in [6.07, 6.45) is 2.11. The molecule has 2 rings (SSSR count). The van der Waals surface area contributed by atoms with Crippen LogP contribution in [0.1, 0.15) is 18.4 Å². The van der Waals surface area contributed by atoms with Crippen LogP contribution in [0.3, 0.4) is 0 Å². The minimum atomic E-state index is -0.0544. The molecule has 1 aliphatic heterocycles. The van der Waals surface area contributed by atoms with Crippen molar-refractivity contribution in [3.05, 3.63) is 46.3 Å². The number of hydrogen-bond acceptors (Lipinski definition) is 2. The minimum Gasteiger partial charge on any atom is -0.373 e. The van der Waals surface area contributed by atoms with E-state index in [1.54, 1.807) is 0 Å². The van der Waals surface area contributed by atoms with E-state index in [9.17, 15) is 0 Å². The summed E-state index contributed by atoms with van der Waals surface area (Å²) in [6.45, 7) is 2.50. The highest BCUT2D eigenvalue weighted by Crippen LogP contribution is 2.14. The maximum Gasteiger partial charge on any atom is 0.112 e. The zero-order chi connectivity index (χ0) is 12.6. The van der Waals surface area contributed by atoms with Gasteiger partial charge >= 0.3 is 0 Å². The first-order valence-corrected chi connectivity index (χ1v) is 6.41. The Bertz CT molecular complexity index is 403. The van der Waals surface area contributed by atoms with Crippen molar-refractivity contribution in [3.8, 4) is 0 Å². The Morgan fingerprint density at radius 3 is 3.00 bits per heavy atom. The second-order valence-electron chi connectivity index (χ2n) is 4.56. The molecule has 2 N–H and O–H groups in total. The highest BCUT2D eigenvalue weighted by Gasteiger charge is 2.25. The fourth-order valence-corrected chi connectivity index (χ4v) is 2.26. The third-order valence-corrected chi connectivity index (χ3v) is 3.24. The Labute approximate surface area is 107 Å². The van der Waals surface area contributed by atoms with Crippen LogP contribution in [-0.4, -0.2) is 25.2 Å². The van der Waals surface area contributed by atoms with Crippen LogP contribution in [0.4, 0.5) is 0 Å². The molecule has 1 saturated heterocycles. The van der Waals surface area contributed by atoms with Crippen LogP contribution >= 0.6 is 0 Å². The van der Waals surface area contributed by atoms with Gasteiger partial charge in [0, 0.05) is 4.91 Å². The van der Waals surface area contributed by atoms with E-state index in [2.05, 4.69) is 15.3 Å². The van der Waals surface area contributed by atoms with Crippen molar-refractivity contribution >= 4 is 0 Å². The monoisotopic (exact) mass is 247 g/mol. The molecule has 96 valence electrons. The second kappa shape index (κ2) is 7.01. The van der Waals surface area contributed by atoms with Crippen LogP contribution in [-0.2, 0) is 11.3 Å². The zero-order valence-corrected chi connectivity index (χ0v) is 10.4. The van der Waals surface area contributed by atoms with Crippen molar-refractivity contribution in [3.63, 3.8) is 0 Å². The first-order valence-electron chi connectivity index (χ1n) is 6.41. The van der Waals surface area contributed by atoms with Crippen molar-refractivity contribution in [1.29, 1.82) is 0 Å². The molecule has 0 radical (unpaired) electrons. The van der Waals surface area contributed by atoms with Gasteiger partial charge in [-0.1, -0.05) is 35.4 Å². The van der Waals surface area contributed by atoms with Gasteiger partial charge in [0.25, 0.3) is 0 Å². The molecule has 0 unspecified atom stereocenters. The molecule has 1 heterocycles. The lowest BCUT2D eigenvalue weighted by molar-refractivity contribution is -0.654. The fraction of sp³-hybridized carbons (Fsp3) is 0.538. The van der Waals surface area contributed by atoms with E-state index in [1.807, 2.05) is 30.3 Å². The van der Waals surface area contributed by atoms with Gasteiger partial charge in [-0.25, -0.2) is 0 Å². The largest absolute Gasteiger partial charge is 0.373 e. The summed E-state index contributed by atoms with van der Waals surface area (Å²) in [4.78, 5) is 2.93. The van der Waals surface area contributed by atoms with Gasteiger partial charge in [0.1, 0.15) is 6.04 Å². The van der Waals surface area contributed by atoms with E-state index in [0.29, 0.717) is 6.61 Å². The molecule has 0 spiro atoms. The number of benzene rings is 1. The van der Waals surface area contributed by atoms with Gasteiger partial charge in [-0.2, -0.15) is 0 Å². The summed E-state index contributed by atoms with van der Waals surface area (Å²) in [5, 5.41) is 6.06. The molecule has 18 heavy (non-hydrogen) atoms. The minimum absolute atomic E-state index is 0.0415. The van der Waals surface area contributed by atoms with E-state index in [0.717, 1.165) is 31.5 Å². The number of nitrogens with two attached hydrogens (primary N) is 1. The Balaban J connectivity index is 1.94. The third kappa shape index (κ3) is 3.74. The van der Waals surface area contributed by atoms with E-state index in [1.165, 1.54) is 0 Å². The summed E-state index contributed by atoms with van der Waals surface area (Å²) in [7, 11) is 0. The number of nitrogens with zero attached hydrogens (tertiary/aromatic N) is 3. The number of quaternary nitrogens is 1. The van der Waals surface area contributed by atoms with Crippen molar-refractivity contribution in [1.82, 2.24) is 0 Å². The quantitative estimate of drug-likeness (QED) is 0.490. The standard InChI is InChI=1S/C13H18N4O/c14-17-16-12-9-15-8-4-7-13(12)18-10-11-5-2-1-3-6-11/h1-3,5-6,12-13,15H,4,7-10H2/p+1/t12-,13-/m1/s1. The molecule has 0 aliphatic carbocycles. The summed E-state index contributed by atoms with van der Waals surface area (Å²) in [6, 6.07) is 10.0. The second-order valence-corrected chi connectivity index (χ2v) is 4.56. The average molecular weight is 247 g/mol. The van der Waals surface area contributed by atoms with Crippen LogP contribution in [0.5, 0.6) is 0 Å².